The highest BCUT2D eigenvalue weighted by atomic mass is 79.9. The molecule has 0 spiro atoms. The third-order valence-corrected chi connectivity index (χ3v) is 2.33. The van der Waals surface area contributed by atoms with Gasteiger partial charge in [-0.1, -0.05) is 15.9 Å². The molecule has 0 saturated heterocycles. The lowest BCUT2D eigenvalue weighted by Gasteiger charge is -1.98. The van der Waals surface area contributed by atoms with Crippen molar-refractivity contribution in [2.75, 3.05) is 0 Å². The van der Waals surface area contributed by atoms with Gasteiger partial charge in [0.05, 0.1) is 17.0 Å². The topological polar surface area (TPSA) is 62.2 Å². The van der Waals surface area contributed by atoms with Crippen molar-refractivity contribution in [2.45, 2.75) is 6.92 Å². The van der Waals surface area contributed by atoms with Gasteiger partial charge in [0.25, 0.3) is 0 Å². The molecule has 0 aromatic heterocycles. The van der Waals surface area contributed by atoms with E-state index < -0.39 is 0 Å². The second kappa shape index (κ2) is 5.32. The summed E-state index contributed by atoms with van der Waals surface area (Å²) in [5.74, 6) is 0. The summed E-state index contributed by atoms with van der Waals surface area (Å²) in [6, 6.07) is 9.49. The molecule has 1 aromatic rings. The van der Waals surface area contributed by atoms with Crippen LogP contribution in [0.1, 0.15) is 6.92 Å². The zero-order chi connectivity index (χ0) is 11.3. The number of nitrogens with zero attached hydrogens (tertiary/aromatic N) is 2. The van der Waals surface area contributed by atoms with Gasteiger partial charge in [0.2, 0.25) is 0 Å². The summed E-state index contributed by atoms with van der Waals surface area (Å²) in [5, 5.41) is 8.73. The van der Waals surface area contributed by atoms with Gasteiger partial charge in [-0.2, -0.15) is 5.26 Å². The summed E-state index contributed by atoms with van der Waals surface area (Å²) in [6.07, 6.45) is 1.26. The molecule has 0 heterocycles. The molecule has 4 heteroatoms. The SMILES string of the molecule is CC(=Nc1ccc(Br)cc1)/C(C#N)=C\N. The molecule has 1 rings (SSSR count). The molecule has 2 N–H and O–H groups in total. The van der Waals surface area contributed by atoms with E-state index in [-0.39, 0.29) is 0 Å². The first-order valence-electron chi connectivity index (χ1n) is 4.30. The average molecular weight is 264 g/mol. The quantitative estimate of drug-likeness (QED) is 0.659. The first-order chi connectivity index (χ1) is 7.17. The highest BCUT2D eigenvalue weighted by molar-refractivity contribution is 9.10. The Hall–Kier alpha value is -1.60. The van der Waals surface area contributed by atoms with Gasteiger partial charge >= 0.3 is 0 Å². The van der Waals surface area contributed by atoms with E-state index in [1.165, 1.54) is 6.20 Å². The third-order valence-electron chi connectivity index (χ3n) is 1.80. The molecule has 0 radical (unpaired) electrons. The minimum absolute atomic E-state index is 0.387. The number of nitrogens with two attached hydrogens (primary N) is 1. The van der Waals surface area contributed by atoms with Crippen molar-refractivity contribution in [3.05, 3.63) is 40.5 Å². The molecule has 0 aliphatic heterocycles. The first kappa shape index (κ1) is 11.5. The van der Waals surface area contributed by atoms with Crippen molar-refractivity contribution in [1.82, 2.24) is 0 Å². The van der Waals surface area contributed by atoms with Crippen molar-refractivity contribution < 1.29 is 0 Å². The lowest BCUT2D eigenvalue weighted by Crippen LogP contribution is -1.97. The highest BCUT2D eigenvalue weighted by Crippen LogP contribution is 2.17. The Morgan fingerprint density at radius 2 is 2.07 bits per heavy atom. The van der Waals surface area contributed by atoms with Crippen molar-refractivity contribution in [3.8, 4) is 6.07 Å². The van der Waals surface area contributed by atoms with E-state index in [1.54, 1.807) is 6.92 Å². The Kier molecular flexibility index (Phi) is 4.07. The summed E-state index contributed by atoms with van der Waals surface area (Å²) < 4.78 is 0.994. The Morgan fingerprint density at radius 1 is 1.47 bits per heavy atom. The lowest BCUT2D eigenvalue weighted by atomic mass is 10.2. The number of hydrogen-bond acceptors (Lipinski definition) is 3. The summed E-state index contributed by atoms with van der Waals surface area (Å²) in [7, 11) is 0. The molecule has 0 aliphatic rings. The van der Waals surface area contributed by atoms with Crippen LogP contribution in [-0.4, -0.2) is 5.71 Å². The fraction of sp³-hybridized carbons (Fsp3) is 0.0909. The molecule has 0 aliphatic carbocycles. The van der Waals surface area contributed by atoms with E-state index in [2.05, 4.69) is 20.9 Å². The van der Waals surface area contributed by atoms with Crippen molar-refractivity contribution in [1.29, 1.82) is 5.26 Å². The molecule has 15 heavy (non-hydrogen) atoms. The molecule has 3 nitrogen and oxygen atoms in total. The lowest BCUT2D eigenvalue weighted by molar-refractivity contribution is 1.43. The van der Waals surface area contributed by atoms with Crippen LogP contribution in [0.3, 0.4) is 0 Å². The third kappa shape index (κ3) is 3.22. The maximum Gasteiger partial charge on any atom is 0.103 e. The second-order valence-electron chi connectivity index (χ2n) is 2.87. The number of aliphatic imine (C=N–C) groups is 1. The minimum Gasteiger partial charge on any atom is -0.403 e. The molecule has 0 atom stereocenters. The molecule has 1 aromatic carbocycles. The van der Waals surface area contributed by atoms with Crippen LogP contribution in [0.25, 0.3) is 0 Å². The van der Waals surface area contributed by atoms with Gasteiger partial charge in [-0.3, -0.25) is 4.99 Å². The van der Waals surface area contributed by atoms with E-state index >= 15 is 0 Å². The molecule has 0 saturated carbocycles. The van der Waals surface area contributed by atoms with Crippen LogP contribution in [0.2, 0.25) is 0 Å². The highest BCUT2D eigenvalue weighted by Gasteiger charge is 1.99. The van der Waals surface area contributed by atoms with Crippen LogP contribution >= 0.6 is 15.9 Å². The van der Waals surface area contributed by atoms with E-state index in [0.29, 0.717) is 11.3 Å². The Labute approximate surface area is 97.1 Å². The number of rotatable bonds is 2. The molecule has 0 amide bonds. The fourth-order valence-corrected chi connectivity index (χ4v) is 1.27. The van der Waals surface area contributed by atoms with Crippen molar-refractivity contribution >= 4 is 27.3 Å². The Bertz CT molecular complexity index is 438. The monoisotopic (exact) mass is 263 g/mol. The van der Waals surface area contributed by atoms with Crippen molar-refractivity contribution in [3.63, 3.8) is 0 Å². The van der Waals surface area contributed by atoms with E-state index in [1.807, 2.05) is 30.3 Å². The van der Waals surface area contributed by atoms with E-state index in [9.17, 15) is 0 Å². The van der Waals surface area contributed by atoms with Gasteiger partial charge in [0, 0.05) is 10.7 Å². The van der Waals surface area contributed by atoms with Gasteiger partial charge in [0.1, 0.15) is 6.07 Å². The van der Waals surface area contributed by atoms with Gasteiger partial charge < -0.3 is 5.73 Å². The number of halogens is 1. The zero-order valence-corrected chi connectivity index (χ0v) is 9.82. The van der Waals surface area contributed by atoms with Crippen LogP contribution in [-0.2, 0) is 0 Å². The maximum absolute atomic E-state index is 8.73. The maximum atomic E-state index is 8.73. The van der Waals surface area contributed by atoms with Gasteiger partial charge in [0.15, 0.2) is 0 Å². The van der Waals surface area contributed by atoms with E-state index in [0.717, 1.165) is 10.2 Å². The Morgan fingerprint density at radius 3 is 2.53 bits per heavy atom. The molecular weight excluding hydrogens is 254 g/mol. The summed E-state index contributed by atoms with van der Waals surface area (Å²) in [6.45, 7) is 1.75. The van der Waals surface area contributed by atoms with Gasteiger partial charge in [-0.25, -0.2) is 0 Å². The Balaban J connectivity index is 2.98. The van der Waals surface area contributed by atoms with Crippen LogP contribution in [0, 0.1) is 11.3 Å². The average Bonchev–Trinajstić information content (AvgIpc) is 2.23. The van der Waals surface area contributed by atoms with Crippen molar-refractivity contribution in [2.24, 2.45) is 10.7 Å². The predicted octanol–water partition coefficient (Wildman–Crippen LogP) is 2.91. The number of hydrogen-bond donors (Lipinski definition) is 1. The minimum atomic E-state index is 0.387. The summed E-state index contributed by atoms with van der Waals surface area (Å²) in [4.78, 5) is 4.27. The smallest absolute Gasteiger partial charge is 0.103 e. The summed E-state index contributed by atoms with van der Waals surface area (Å²) >= 11 is 3.34. The normalized spacial score (nSPS) is 12.3. The van der Waals surface area contributed by atoms with Crippen LogP contribution in [0.4, 0.5) is 5.69 Å². The first-order valence-corrected chi connectivity index (χ1v) is 5.10. The largest absolute Gasteiger partial charge is 0.403 e. The second-order valence-corrected chi connectivity index (χ2v) is 3.78. The molecular formula is C11H10BrN3. The summed E-state index contributed by atoms with van der Waals surface area (Å²) in [5.41, 5.74) is 7.09. The number of allylic oxidation sites excluding steroid dienone is 1. The fourth-order valence-electron chi connectivity index (χ4n) is 1.01. The van der Waals surface area contributed by atoms with Crippen LogP contribution in [0.5, 0.6) is 0 Å². The van der Waals surface area contributed by atoms with Gasteiger partial charge in [-0.05, 0) is 31.2 Å². The van der Waals surface area contributed by atoms with Crippen LogP contribution < -0.4 is 5.73 Å². The molecule has 0 bridgehead atoms. The van der Waals surface area contributed by atoms with Crippen LogP contribution in [0.15, 0.2) is 45.5 Å². The molecule has 76 valence electrons. The number of benzene rings is 1. The van der Waals surface area contributed by atoms with Gasteiger partial charge in [-0.15, -0.1) is 0 Å². The predicted molar refractivity (Wildman–Crippen MR) is 64.8 cm³/mol. The van der Waals surface area contributed by atoms with E-state index in [4.69, 9.17) is 11.0 Å². The molecule has 0 fully saturated rings. The zero-order valence-electron chi connectivity index (χ0n) is 8.24. The standard InChI is InChI=1S/C11H10BrN3/c1-8(9(6-13)7-14)15-11-4-2-10(12)3-5-11/h2-6H,13H2,1H3/b9-6-,15-8?. The number of nitriles is 1. The molecule has 0 unspecified atom stereocenters.